The largest absolute Gasteiger partial charge is 0.103 e. The van der Waals surface area contributed by atoms with Gasteiger partial charge in [0, 0.05) is 0 Å². The molecule has 0 unspecified atom stereocenters. The van der Waals surface area contributed by atoms with E-state index < -0.39 is 0 Å². The van der Waals surface area contributed by atoms with Crippen LogP contribution in [0.1, 0.15) is 29.2 Å². The van der Waals surface area contributed by atoms with E-state index >= 15 is 0 Å². The van der Waals surface area contributed by atoms with Gasteiger partial charge in [0.1, 0.15) is 0 Å². The van der Waals surface area contributed by atoms with Gasteiger partial charge < -0.3 is 0 Å². The van der Waals surface area contributed by atoms with Crippen molar-refractivity contribution in [3.63, 3.8) is 0 Å². The molecule has 0 bridgehead atoms. The highest BCUT2D eigenvalue weighted by Gasteiger charge is 1.86. The molecule has 0 N–H and O–H groups in total. The highest BCUT2D eigenvalue weighted by molar-refractivity contribution is 5.48. The molecule has 0 aliphatic carbocycles. The molecule has 0 aromatic heterocycles. The number of aryl methyl sites for hydroxylation is 2. The Balaban J connectivity index is 0.000000200. The molecule has 0 heterocycles. The normalized spacial score (nSPS) is 9.95. The number of hydrogen-bond donors (Lipinski definition) is 0. The lowest BCUT2D eigenvalue weighted by molar-refractivity contribution is 1.26. The highest BCUT2D eigenvalue weighted by atomic mass is 13.9. The average molecular weight is 264 g/mol. The topological polar surface area (TPSA) is 0 Å². The van der Waals surface area contributed by atoms with Crippen molar-refractivity contribution in [2.75, 3.05) is 0 Å². The van der Waals surface area contributed by atoms with Gasteiger partial charge in [0.15, 0.2) is 0 Å². The Bertz CT molecular complexity index is 527. The Morgan fingerprint density at radius 1 is 0.850 bits per heavy atom. The number of benzene rings is 2. The minimum atomic E-state index is 0.972. The molecule has 0 saturated carbocycles. The fraction of sp³-hybridized carbons (Fsp3) is 0.200. The Morgan fingerprint density at radius 2 is 1.35 bits per heavy atom. The van der Waals surface area contributed by atoms with Crippen LogP contribution in [-0.2, 0) is 6.42 Å². The van der Waals surface area contributed by atoms with Gasteiger partial charge in [-0.1, -0.05) is 77.9 Å². The molecule has 2 aromatic carbocycles. The second kappa shape index (κ2) is 8.92. The number of rotatable bonds is 3. The summed E-state index contributed by atoms with van der Waals surface area (Å²) in [5.74, 6) is 0. The first-order valence-electron chi connectivity index (χ1n) is 7.01. The van der Waals surface area contributed by atoms with Crippen molar-refractivity contribution in [1.82, 2.24) is 0 Å². The quantitative estimate of drug-likeness (QED) is 0.619. The van der Waals surface area contributed by atoms with Crippen molar-refractivity contribution in [2.45, 2.75) is 27.2 Å². The van der Waals surface area contributed by atoms with E-state index in [1.807, 2.05) is 19.1 Å². The lowest BCUT2D eigenvalue weighted by atomic mass is 10.1. The van der Waals surface area contributed by atoms with Crippen LogP contribution in [0.3, 0.4) is 0 Å². The van der Waals surface area contributed by atoms with Gasteiger partial charge in [-0.25, -0.2) is 0 Å². The predicted octanol–water partition coefficient (Wildman–Crippen LogP) is 5.75. The van der Waals surface area contributed by atoms with Gasteiger partial charge in [-0.2, -0.15) is 0 Å². The molecular weight excluding hydrogens is 240 g/mol. The first-order chi connectivity index (χ1) is 9.65. The van der Waals surface area contributed by atoms with Gasteiger partial charge in [0.2, 0.25) is 0 Å². The van der Waals surface area contributed by atoms with Gasteiger partial charge >= 0.3 is 0 Å². The van der Waals surface area contributed by atoms with Gasteiger partial charge in [-0.05, 0) is 38.3 Å². The lowest BCUT2D eigenvalue weighted by Gasteiger charge is -1.95. The average Bonchev–Trinajstić information content (AvgIpc) is 2.45. The molecule has 0 heteroatoms. The van der Waals surface area contributed by atoms with Crippen LogP contribution in [0.15, 0.2) is 67.3 Å². The van der Waals surface area contributed by atoms with Crippen LogP contribution in [0.25, 0.3) is 6.08 Å². The molecule has 0 fully saturated rings. The molecule has 2 aromatic rings. The predicted molar refractivity (Wildman–Crippen MR) is 91.0 cm³/mol. The van der Waals surface area contributed by atoms with Crippen molar-refractivity contribution in [3.8, 4) is 0 Å². The Morgan fingerprint density at radius 3 is 1.80 bits per heavy atom. The van der Waals surface area contributed by atoms with E-state index in [0.717, 1.165) is 6.42 Å². The summed E-state index contributed by atoms with van der Waals surface area (Å²) < 4.78 is 0. The molecule has 0 aliphatic heterocycles. The van der Waals surface area contributed by atoms with Crippen molar-refractivity contribution in [2.24, 2.45) is 0 Å². The third-order valence-corrected chi connectivity index (χ3v) is 2.94. The summed E-state index contributed by atoms with van der Waals surface area (Å²) in [4.78, 5) is 0. The minimum Gasteiger partial charge on any atom is -0.103 e. The fourth-order valence-corrected chi connectivity index (χ4v) is 1.76. The number of hydrogen-bond acceptors (Lipinski definition) is 0. The van der Waals surface area contributed by atoms with Crippen molar-refractivity contribution >= 4 is 6.08 Å². The molecule has 2 rings (SSSR count). The summed E-state index contributed by atoms with van der Waals surface area (Å²) in [6.07, 6.45) is 7.04. The Hall–Kier alpha value is -2.08. The zero-order valence-corrected chi connectivity index (χ0v) is 12.8. The first-order valence-corrected chi connectivity index (χ1v) is 7.01. The van der Waals surface area contributed by atoms with E-state index in [1.54, 1.807) is 0 Å². The molecule has 0 spiro atoms. The van der Waals surface area contributed by atoms with E-state index in [1.165, 1.54) is 22.3 Å². The maximum Gasteiger partial charge on any atom is -0.0100 e. The van der Waals surface area contributed by atoms with E-state index in [-0.39, 0.29) is 0 Å². The van der Waals surface area contributed by atoms with E-state index in [2.05, 4.69) is 75.0 Å². The van der Waals surface area contributed by atoms with Gasteiger partial charge in [0.05, 0.1) is 0 Å². The maximum absolute atomic E-state index is 3.68. The Kier molecular flexibility index (Phi) is 7.13. The zero-order chi connectivity index (χ0) is 14.8. The van der Waals surface area contributed by atoms with Crippen LogP contribution in [0.2, 0.25) is 0 Å². The summed E-state index contributed by atoms with van der Waals surface area (Å²) in [5, 5.41) is 0. The van der Waals surface area contributed by atoms with E-state index in [4.69, 9.17) is 0 Å². The van der Waals surface area contributed by atoms with E-state index in [0.29, 0.717) is 0 Å². The van der Waals surface area contributed by atoms with Crippen LogP contribution in [0.4, 0.5) is 0 Å². The summed E-state index contributed by atoms with van der Waals surface area (Å²) >= 11 is 0. The van der Waals surface area contributed by atoms with Gasteiger partial charge in [-0.3, -0.25) is 0 Å². The maximum atomic E-state index is 3.68. The molecule has 0 saturated heterocycles. The van der Waals surface area contributed by atoms with Crippen LogP contribution in [0.5, 0.6) is 0 Å². The zero-order valence-electron chi connectivity index (χ0n) is 12.8. The fourth-order valence-electron chi connectivity index (χ4n) is 1.76. The highest BCUT2D eigenvalue weighted by Crippen LogP contribution is 2.04. The lowest BCUT2D eigenvalue weighted by Crippen LogP contribution is -1.79. The van der Waals surface area contributed by atoms with E-state index in [9.17, 15) is 0 Å². The summed E-state index contributed by atoms with van der Waals surface area (Å²) in [6.45, 7) is 9.90. The van der Waals surface area contributed by atoms with Crippen LogP contribution in [-0.4, -0.2) is 0 Å². The van der Waals surface area contributed by atoms with Crippen molar-refractivity contribution < 1.29 is 0 Å². The third-order valence-electron chi connectivity index (χ3n) is 2.94. The van der Waals surface area contributed by atoms with Crippen LogP contribution < -0.4 is 0 Å². The monoisotopic (exact) mass is 264 g/mol. The van der Waals surface area contributed by atoms with Crippen molar-refractivity contribution in [3.05, 3.63) is 89.5 Å². The van der Waals surface area contributed by atoms with Gasteiger partial charge in [0.25, 0.3) is 0 Å². The van der Waals surface area contributed by atoms with Crippen LogP contribution >= 0.6 is 0 Å². The second-order valence-corrected chi connectivity index (χ2v) is 4.89. The SMILES string of the molecule is C/C=C/c1ccc(C)cc1.C=CCc1ccc(C)cc1. The molecular formula is C20H24. The molecule has 0 nitrogen and oxygen atoms in total. The smallest absolute Gasteiger partial charge is 0.0100 e. The summed E-state index contributed by atoms with van der Waals surface area (Å²) in [5.41, 5.74) is 5.23. The van der Waals surface area contributed by atoms with Gasteiger partial charge in [-0.15, -0.1) is 6.58 Å². The van der Waals surface area contributed by atoms with Crippen LogP contribution in [0, 0.1) is 13.8 Å². The van der Waals surface area contributed by atoms with Crippen molar-refractivity contribution in [1.29, 1.82) is 0 Å². The molecule has 20 heavy (non-hydrogen) atoms. The molecule has 0 amide bonds. The Labute approximate surface area is 123 Å². The first kappa shape index (κ1) is 16.0. The summed E-state index contributed by atoms with van der Waals surface area (Å²) in [7, 11) is 0. The third kappa shape index (κ3) is 6.19. The number of allylic oxidation sites excluding steroid dienone is 2. The molecule has 0 radical (unpaired) electrons. The minimum absolute atomic E-state index is 0.972. The summed E-state index contributed by atoms with van der Waals surface area (Å²) in [6, 6.07) is 17.0. The second-order valence-electron chi connectivity index (χ2n) is 4.89. The molecule has 0 aliphatic rings. The molecule has 0 atom stereocenters. The molecule has 104 valence electrons. The standard InChI is InChI=1S/2C10H12/c2*1-3-4-10-7-5-9(2)6-8-10/h3-8H,1-2H3;3,5-8H,1,4H2,2H3/b4-3+;.